The lowest BCUT2D eigenvalue weighted by Crippen LogP contribution is -1.95. The lowest BCUT2D eigenvalue weighted by atomic mass is 10.4. The Hall–Kier alpha value is -0.830. The summed E-state index contributed by atoms with van der Waals surface area (Å²) in [5, 5.41) is 0. The molecule has 0 atom stereocenters. The highest BCUT2D eigenvalue weighted by Gasteiger charge is 2.01. The highest BCUT2D eigenvalue weighted by atomic mass is 16.4. The zero-order valence-electron chi connectivity index (χ0n) is 5.64. The third-order valence-electron chi connectivity index (χ3n) is 1.18. The van der Waals surface area contributed by atoms with Crippen molar-refractivity contribution in [1.29, 1.82) is 0 Å². The van der Waals surface area contributed by atoms with Crippen LogP contribution in [0, 0.1) is 13.8 Å². The van der Waals surface area contributed by atoms with Crippen molar-refractivity contribution in [3.8, 4) is 0 Å². The summed E-state index contributed by atoms with van der Waals surface area (Å²) < 4.78 is 5.13. The smallest absolute Gasteiger partial charge is 0.191 e. The molecular weight excluding hydrogens is 116 g/mol. The molecule has 1 rings (SSSR count). The minimum Gasteiger partial charge on any atom is -0.444 e. The molecule has 0 aliphatic carbocycles. The number of aromatic nitrogens is 1. The van der Waals surface area contributed by atoms with Crippen molar-refractivity contribution in [2.75, 3.05) is 0 Å². The Morgan fingerprint density at radius 3 is 2.44 bits per heavy atom. The molecule has 0 saturated heterocycles. The summed E-state index contributed by atoms with van der Waals surface area (Å²) in [6, 6.07) is 0. The van der Waals surface area contributed by atoms with Crippen LogP contribution in [0.25, 0.3) is 0 Å². The summed E-state index contributed by atoms with van der Waals surface area (Å²) in [6.07, 6.45) is 0. The van der Waals surface area contributed by atoms with Crippen LogP contribution in [-0.2, 0) is 6.54 Å². The minimum atomic E-state index is 0.437. The van der Waals surface area contributed by atoms with Gasteiger partial charge < -0.3 is 10.2 Å². The summed E-state index contributed by atoms with van der Waals surface area (Å²) in [5.74, 6) is 1.47. The predicted octanol–water partition coefficient (Wildman–Crippen LogP) is 0.750. The van der Waals surface area contributed by atoms with E-state index in [9.17, 15) is 0 Å². The molecule has 0 aliphatic heterocycles. The fraction of sp³-hybridized carbons (Fsp3) is 0.500. The number of rotatable bonds is 1. The maximum absolute atomic E-state index is 5.33. The molecule has 0 bridgehead atoms. The number of aryl methyl sites for hydroxylation is 2. The van der Waals surface area contributed by atoms with Gasteiger partial charge in [-0.3, -0.25) is 0 Å². The summed E-state index contributed by atoms with van der Waals surface area (Å²) in [5.41, 5.74) is 6.23. The number of nitrogens with zero attached hydrogens (tertiary/aromatic N) is 1. The molecule has 0 spiro atoms. The lowest BCUT2D eigenvalue weighted by molar-refractivity contribution is 0.475. The quantitative estimate of drug-likeness (QED) is 0.604. The highest BCUT2D eigenvalue weighted by Crippen LogP contribution is 2.06. The molecule has 9 heavy (non-hydrogen) atoms. The van der Waals surface area contributed by atoms with Crippen LogP contribution in [0.2, 0.25) is 0 Å². The molecule has 0 amide bonds. The van der Waals surface area contributed by atoms with Crippen molar-refractivity contribution in [1.82, 2.24) is 4.98 Å². The Kier molecular flexibility index (Phi) is 1.53. The van der Waals surface area contributed by atoms with Crippen molar-refractivity contribution in [3.63, 3.8) is 0 Å². The van der Waals surface area contributed by atoms with E-state index in [2.05, 4.69) is 4.98 Å². The maximum atomic E-state index is 5.33. The normalized spacial score (nSPS) is 10.1. The summed E-state index contributed by atoms with van der Waals surface area (Å²) in [6.45, 7) is 4.14. The van der Waals surface area contributed by atoms with Crippen LogP contribution in [0.5, 0.6) is 0 Å². The van der Waals surface area contributed by atoms with Gasteiger partial charge in [0.25, 0.3) is 0 Å². The van der Waals surface area contributed by atoms with Gasteiger partial charge in [-0.1, -0.05) is 0 Å². The Labute approximate surface area is 53.9 Å². The van der Waals surface area contributed by atoms with Gasteiger partial charge in [-0.25, -0.2) is 4.98 Å². The second-order valence-corrected chi connectivity index (χ2v) is 1.95. The second-order valence-electron chi connectivity index (χ2n) is 1.95. The van der Waals surface area contributed by atoms with Crippen molar-refractivity contribution in [2.45, 2.75) is 20.4 Å². The van der Waals surface area contributed by atoms with Crippen LogP contribution in [0.4, 0.5) is 0 Å². The summed E-state index contributed by atoms with van der Waals surface area (Å²) in [4.78, 5) is 4.04. The standard InChI is InChI=1S/C6H10N2O/c1-4-6(3-7)9-5(2)8-4/h3,7H2,1-2H3. The van der Waals surface area contributed by atoms with Gasteiger partial charge in [-0.15, -0.1) is 0 Å². The molecule has 0 radical (unpaired) electrons. The van der Waals surface area contributed by atoms with Gasteiger partial charge in [0, 0.05) is 6.92 Å². The Bertz CT molecular complexity index is 205. The average Bonchev–Trinajstić information content (AvgIpc) is 2.10. The molecule has 50 valence electrons. The van der Waals surface area contributed by atoms with Crippen LogP contribution in [0.1, 0.15) is 17.3 Å². The van der Waals surface area contributed by atoms with E-state index in [4.69, 9.17) is 10.2 Å². The molecule has 3 heteroatoms. The molecule has 1 aromatic heterocycles. The monoisotopic (exact) mass is 126 g/mol. The largest absolute Gasteiger partial charge is 0.444 e. The van der Waals surface area contributed by atoms with E-state index < -0.39 is 0 Å². The molecule has 0 aliphatic rings. The van der Waals surface area contributed by atoms with Crippen LogP contribution in [0.3, 0.4) is 0 Å². The third kappa shape index (κ3) is 1.10. The van der Waals surface area contributed by atoms with E-state index in [1.54, 1.807) is 0 Å². The molecule has 0 aromatic carbocycles. The topological polar surface area (TPSA) is 52.0 Å². The molecule has 1 heterocycles. The second kappa shape index (κ2) is 2.19. The average molecular weight is 126 g/mol. The van der Waals surface area contributed by atoms with Gasteiger partial charge >= 0.3 is 0 Å². The van der Waals surface area contributed by atoms with Crippen molar-refractivity contribution >= 4 is 0 Å². The number of nitrogens with two attached hydrogens (primary N) is 1. The van der Waals surface area contributed by atoms with Gasteiger partial charge in [-0.05, 0) is 6.92 Å². The fourth-order valence-electron chi connectivity index (χ4n) is 0.763. The Morgan fingerprint density at radius 2 is 2.22 bits per heavy atom. The van der Waals surface area contributed by atoms with Crippen molar-refractivity contribution in [3.05, 3.63) is 17.3 Å². The molecule has 0 unspecified atom stereocenters. The van der Waals surface area contributed by atoms with Gasteiger partial charge in [0.15, 0.2) is 5.89 Å². The molecule has 0 saturated carbocycles. The van der Waals surface area contributed by atoms with E-state index in [0.717, 1.165) is 11.5 Å². The van der Waals surface area contributed by atoms with Crippen LogP contribution < -0.4 is 5.73 Å². The number of hydrogen-bond donors (Lipinski definition) is 1. The SMILES string of the molecule is Cc1nc(C)c(CN)o1. The van der Waals surface area contributed by atoms with E-state index in [-0.39, 0.29) is 0 Å². The highest BCUT2D eigenvalue weighted by molar-refractivity contribution is 5.06. The van der Waals surface area contributed by atoms with Gasteiger partial charge in [-0.2, -0.15) is 0 Å². The zero-order valence-corrected chi connectivity index (χ0v) is 5.64. The number of oxazole rings is 1. The number of hydrogen-bond acceptors (Lipinski definition) is 3. The fourth-order valence-corrected chi connectivity index (χ4v) is 0.763. The predicted molar refractivity (Wildman–Crippen MR) is 33.9 cm³/mol. The van der Waals surface area contributed by atoms with E-state index in [1.165, 1.54) is 0 Å². The zero-order chi connectivity index (χ0) is 6.85. The van der Waals surface area contributed by atoms with E-state index in [0.29, 0.717) is 12.4 Å². The van der Waals surface area contributed by atoms with Crippen molar-refractivity contribution < 1.29 is 4.42 Å². The first kappa shape index (κ1) is 6.29. The molecule has 2 N–H and O–H groups in total. The minimum absolute atomic E-state index is 0.437. The van der Waals surface area contributed by atoms with Gasteiger partial charge in [0.2, 0.25) is 0 Å². The van der Waals surface area contributed by atoms with Crippen LogP contribution in [-0.4, -0.2) is 4.98 Å². The Balaban J connectivity index is 3.01. The summed E-state index contributed by atoms with van der Waals surface area (Å²) in [7, 11) is 0. The van der Waals surface area contributed by atoms with Gasteiger partial charge in [0.1, 0.15) is 5.76 Å². The molecule has 0 fully saturated rings. The first-order valence-electron chi connectivity index (χ1n) is 2.87. The van der Waals surface area contributed by atoms with Crippen LogP contribution in [0.15, 0.2) is 4.42 Å². The third-order valence-corrected chi connectivity index (χ3v) is 1.18. The van der Waals surface area contributed by atoms with Crippen molar-refractivity contribution in [2.24, 2.45) is 5.73 Å². The first-order valence-corrected chi connectivity index (χ1v) is 2.87. The Morgan fingerprint density at radius 1 is 1.56 bits per heavy atom. The molecule has 1 aromatic rings. The maximum Gasteiger partial charge on any atom is 0.191 e. The lowest BCUT2D eigenvalue weighted by Gasteiger charge is -1.85. The van der Waals surface area contributed by atoms with E-state index >= 15 is 0 Å². The van der Waals surface area contributed by atoms with Gasteiger partial charge in [0.05, 0.1) is 12.2 Å². The van der Waals surface area contributed by atoms with Crippen LogP contribution >= 0.6 is 0 Å². The molecular formula is C6H10N2O. The molecule has 3 nitrogen and oxygen atoms in total. The summed E-state index contributed by atoms with van der Waals surface area (Å²) >= 11 is 0. The van der Waals surface area contributed by atoms with E-state index in [1.807, 2.05) is 13.8 Å². The first-order chi connectivity index (χ1) is 4.24.